The fraction of sp³-hybridized carbons (Fsp3) is 0.143. The van der Waals surface area contributed by atoms with Crippen molar-refractivity contribution in [1.82, 2.24) is 0 Å². The van der Waals surface area contributed by atoms with Gasteiger partial charge in [-0.3, -0.25) is 0 Å². The Hall–Kier alpha value is -3.43. The summed E-state index contributed by atoms with van der Waals surface area (Å²) in [4.78, 5) is 2.30. The monoisotopic (exact) mass is 441 g/mol. The third-order valence-electron chi connectivity index (χ3n) is 5.89. The second kappa shape index (κ2) is 8.60. The summed E-state index contributed by atoms with van der Waals surface area (Å²) in [6.07, 6.45) is -0.266. The van der Waals surface area contributed by atoms with Crippen molar-refractivity contribution in [2.45, 2.75) is 13.0 Å². The first-order chi connectivity index (χ1) is 15.7. The van der Waals surface area contributed by atoms with Crippen molar-refractivity contribution in [2.24, 2.45) is 0 Å². The second-order valence-corrected chi connectivity index (χ2v) is 8.17. The number of halogens is 1. The lowest BCUT2D eigenvalue weighted by atomic mass is 9.88. The van der Waals surface area contributed by atoms with E-state index in [1.54, 1.807) is 7.11 Å². The minimum absolute atomic E-state index is 0.266. The molecule has 0 N–H and O–H groups in total. The number of ether oxygens (including phenoxy) is 2. The Kier molecular flexibility index (Phi) is 5.50. The first-order valence-electron chi connectivity index (χ1n) is 10.8. The van der Waals surface area contributed by atoms with Crippen molar-refractivity contribution < 1.29 is 9.47 Å². The summed E-state index contributed by atoms with van der Waals surface area (Å²) in [6, 6.07) is 30.8. The highest BCUT2D eigenvalue weighted by Crippen LogP contribution is 2.50. The number of methoxy groups -OCH3 is 1. The SMILES string of the molecule is CCN(c1ccccc1)c1ccc2c(c1)C(c1cccc(Cl)c1)Oc1cccc(OC)c1-2. The maximum absolute atomic E-state index is 6.56. The van der Waals surface area contributed by atoms with Gasteiger partial charge >= 0.3 is 0 Å². The molecule has 32 heavy (non-hydrogen) atoms. The average molecular weight is 442 g/mol. The fourth-order valence-electron chi connectivity index (χ4n) is 4.44. The standard InChI is InChI=1S/C28H24ClNO2/c1-3-30(21-11-5-4-6-12-21)22-15-16-23-24(18-22)28(19-9-7-10-20(29)17-19)32-26-14-8-13-25(31-2)27(23)26/h4-18,28H,3H2,1-2H3. The van der Waals surface area contributed by atoms with Crippen LogP contribution in [0.4, 0.5) is 11.4 Å². The van der Waals surface area contributed by atoms with Gasteiger partial charge in [0, 0.05) is 28.5 Å². The van der Waals surface area contributed by atoms with Gasteiger partial charge in [0.2, 0.25) is 0 Å². The summed E-state index contributed by atoms with van der Waals surface area (Å²) in [7, 11) is 1.70. The van der Waals surface area contributed by atoms with E-state index in [0.29, 0.717) is 5.02 Å². The molecule has 1 unspecified atom stereocenters. The van der Waals surface area contributed by atoms with Crippen LogP contribution in [-0.4, -0.2) is 13.7 Å². The average Bonchev–Trinajstić information content (AvgIpc) is 2.84. The minimum Gasteiger partial charge on any atom is -0.496 e. The van der Waals surface area contributed by atoms with Crippen LogP contribution in [0.25, 0.3) is 11.1 Å². The molecule has 160 valence electrons. The molecule has 3 nitrogen and oxygen atoms in total. The number of rotatable bonds is 5. The van der Waals surface area contributed by atoms with Gasteiger partial charge in [-0.1, -0.05) is 54.1 Å². The third-order valence-corrected chi connectivity index (χ3v) is 6.12. The normalized spacial score (nSPS) is 14.2. The van der Waals surface area contributed by atoms with E-state index in [-0.39, 0.29) is 6.10 Å². The number of para-hydroxylation sites is 1. The van der Waals surface area contributed by atoms with E-state index in [1.165, 1.54) is 0 Å². The molecule has 0 spiro atoms. The van der Waals surface area contributed by atoms with Gasteiger partial charge < -0.3 is 14.4 Å². The largest absolute Gasteiger partial charge is 0.496 e. The zero-order chi connectivity index (χ0) is 22.1. The van der Waals surface area contributed by atoms with Crippen LogP contribution >= 0.6 is 11.6 Å². The Bertz CT molecular complexity index is 1260. The van der Waals surface area contributed by atoms with Crippen molar-refractivity contribution in [1.29, 1.82) is 0 Å². The summed E-state index contributed by atoms with van der Waals surface area (Å²) in [5, 5.41) is 0.694. The highest BCUT2D eigenvalue weighted by Gasteiger charge is 2.30. The van der Waals surface area contributed by atoms with E-state index in [2.05, 4.69) is 60.4 Å². The lowest BCUT2D eigenvalue weighted by molar-refractivity contribution is 0.242. The molecule has 1 heterocycles. The molecule has 0 amide bonds. The van der Waals surface area contributed by atoms with E-state index in [1.807, 2.05) is 42.5 Å². The van der Waals surface area contributed by atoms with Gasteiger partial charge in [0.05, 0.1) is 12.7 Å². The molecule has 4 heteroatoms. The number of hydrogen-bond acceptors (Lipinski definition) is 3. The summed E-state index contributed by atoms with van der Waals surface area (Å²) in [5.74, 6) is 1.61. The molecule has 5 rings (SSSR count). The molecule has 1 aliphatic rings. The summed E-state index contributed by atoms with van der Waals surface area (Å²) >= 11 is 6.34. The zero-order valence-electron chi connectivity index (χ0n) is 18.1. The number of hydrogen-bond donors (Lipinski definition) is 0. The predicted molar refractivity (Wildman–Crippen MR) is 131 cm³/mol. The van der Waals surface area contributed by atoms with Gasteiger partial charge in [0.25, 0.3) is 0 Å². The summed E-state index contributed by atoms with van der Waals surface area (Å²) in [5.41, 5.74) is 6.48. The molecule has 0 fully saturated rings. The van der Waals surface area contributed by atoms with Crippen molar-refractivity contribution in [2.75, 3.05) is 18.6 Å². The molecular formula is C28H24ClNO2. The van der Waals surface area contributed by atoms with Crippen LogP contribution in [0.1, 0.15) is 24.2 Å². The fourth-order valence-corrected chi connectivity index (χ4v) is 4.64. The van der Waals surface area contributed by atoms with Gasteiger partial charge in [0.1, 0.15) is 17.6 Å². The maximum atomic E-state index is 6.56. The smallest absolute Gasteiger partial charge is 0.150 e. The molecule has 0 saturated heterocycles. The van der Waals surface area contributed by atoms with Gasteiger partial charge in [-0.05, 0) is 66.6 Å². The topological polar surface area (TPSA) is 21.7 Å². The molecule has 0 bridgehead atoms. The van der Waals surface area contributed by atoms with Crippen LogP contribution in [0.2, 0.25) is 5.02 Å². The van der Waals surface area contributed by atoms with Gasteiger partial charge in [0.15, 0.2) is 0 Å². The molecular weight excluding hydrogens is 418 g/mol. The lowest BCUT2D eigenvalue weighted by Crippen LogP contribution is -2.19. The molecule has 4 aromatic carbocycles. The van der Waals surface area contributed by atoms with Crippen LogP contribution in [-0.2, 0) is 0 Å². The van der Waals surface area contributed by atoms with E-state index >= 15 is 0 Å². The predicted octanol–water partition coefficient (Wildman–Crippen LogP) is 7.66. The van der Waals surface area contributed by atoms with Gasteiger partial charge in [-0.25, -0.2) is 0 Å². The number of fused-ring (bicyclic) bond motifs is 3. The van der Waals surface area contributed by atoms with Crippen LogP contribution in [0, 0.1) is 0 Å². The molecule has 0 aliphatic carbocycles. The van der Waals surface area contributed by atoms with Crippen LogP contribution < -0.4 is 14.4 Å². The first kappa shape index (κ1) is 20.5. The number of nitrogens with zero attached hydrogens (tertiary/aromatic N) is 1. The first-order valence-corrected chi connectivity index (χ1v) is 11.1. The number of benzene rings is 4. The Balaban J connectivity index is 1.70. The second-order valence-electron chi connectivity index (χ2n) is 7.74. The van der Waals surface area contributed by atoms with Crippen LogP contribution in [0.15, 0.2) is 91.0 Å². The summed E-state index contributed by atoms with van der Waals surface area (Å²) < 4.78 is 12.2. The van der Waals surface area contributed by atoms with Crippen molar-refractivity contribution in [3.05, 3.63) is 107 Å². The minimum atomic E-state index is -0.266. The molecule has 0 radical (unpaired) electrons. The molecule has 1 aliphatic heterocycles. The highest BCUT2D eigenvalue weighted by atomic mass is 35.5. The molecule has 4 aromatic rings. The van der Waals surface area contributed by atoms with Crippen LogP contribution in [0.5, 0.6) is 11.5 Å². The number of anilines is 2. The van der Waals surface area contributed by atoms with Gasteiger partial charge in [-0.2, -0.15) is 0 Å². The molecule has 0 saturated carbocycles. The Morgan fingerprint density at radius 1 is 0.875 bits per heavy atom. The molecule has 1 atom stereocenters. The third kappa shape index (κ3) is 3.59. The summed E-state index contributed by atoms with van der Waals surface area (Å²) in [6.45, 7) is 3.02. The van der Waals surface area contributed by atoms with Crippen molar-refractivity contribution in [3.63, 3.8) is 0 Å². The van der Waals surface area contributed by atoms with E-state index < -0.39 is 0 Å². The Morgan fingerprint density at radius 2 is 1.69 bits per heavy atom. The van der Waals surface area contributed by atoms with Crippen LogP contribution in [0.3, 0.4) is 0 Å². The van der Waals surface area contributed by atoms with Crippen molar-refractivity contribution in [3.8, 4) is 22.6 Å². The van der Waals surface area contributed by atoms with E-state index in [4.69, 9.17) is 21.1 Å². The van der Waals surface area contributed by atoms with Gasteiger partial charge in [-0.15, -0.1) is 0 Å². The molecule has 0 aromatic heterocycles. The Labute approximate surface area is 193 Å². The highest BCUT2D eigenvalue weighted by molar-refractivity contribution is 6.30. The van der Waals surface area contributed by atoms with E-state index in [9.17, 15) is 0 Å². The maximum Gasteiger partial charge on any atom is 0.150 e. The zero-order valence-corrected chi connectivity index (χ0v) is 18.8. The lowest BCUT2D eigenvalue weighted by Gasteiger charge is -2.32. The Morgan fingerprint density at radius 3 is 2.44 bits per heavy atom. The van der Waals surface area contributed by atoms with E-state index in [0.717, 1.165) is 51.7 Å². The quantitative estimate of drug-likeness (QED) is 0.317. The van der Waals surface area contributed by atoms with Crippen molar-refractivity contribution >= 4 is 23.0 Å².